The van der Waals surface area contributed by atoms with Crippen molar-refractivity contribution >= 4 is 41.0 Å². The molecule has 0 N–H and O–H groups in total. The molecule has 272 valence electrons. The quantitative estimate of drug-likeness (QED) is 0.111. The summed E-state index contributed by atoms with van der Waals surface area (Å²) in [6, 6.07) is 15.2. The Bertz CT molecular complexity index is 2190. The smallest absolute Gasteiger partial charge is 0.343 e. The van der Waals surface area contributed by atoms with Gasteiger partial charge in [-0.1, -0.05) is 47.2 Å². The summed E-state index contributed by atoms with van der Waals surface area (Å²) in [6.45, 7) is 9.53. The van der Waals surface area contributed by atoms with Crippen LogP contribution in [0, 0.1) is 0 Å². The van der Waals surface area contributed by atoms with Crippen LogP contribution in [-0.4, -0.2) is 50.5 Å². The van der Waals surface area contributed by atoms with E-state index in [0.29, 0.717) is 73.8 Å². The molecule has 2 heterocycles. The van der Waals surface area contributed by atoms with Crippen molar-refractivity contribution < 1.29 is 38.0 Å². The van der Waals surface area contributed by atoms with E-state index in [0.717, 1.165) is 11.1 Å². The molecule has 0 saturated heterocycles. The maximum absolute atomic E-state index is 14.4. The number of methoxy groups -OCH3 is 2. The van der Waals surface area contributed by atoms with Gasteiger partial charge in [-0.3, -0.25) is 9.36 Å². The Labute approximate surface area is 310 Å². The Balaban J connectivity index is 1.61. The third-order valence-corrected chi connectivity index (χ3v) is 9.24. The average molecular weight is 747 g/mol. The minimum atomic E-state index is -0.902. The summed E-state index contributed by atoms with van der Waals surface area (Å²) in [6.07, 6.45) is 4.01. The summed E-state index contributed by atoms with van der Waals surface area (Å²) in [5.41, 5.74) is 3.27. The first-order valence-electron chi connectivity index (χ1n) is 16.5. The minimum Gasteiger partial charge on any atom is -0.493 e. The highest BCUT2D eigenvalue weighted by atomic mass is 35.5. The fourth-order valence-corrected chi connectivity index (χ4v) is 6.83. The highest BCUT2D eigenvalue weighted by molar-refractivity contribution is 7.07. The lowest BCUT2D eigenvalue weighted by Gasteiger charge is -2.25. The van der Waals surface area contributed by atoms with Gasteiger partial charge < -0.3 is 28.4 Å². The van der Waals surface area contributed by atoms with Crippen LogP contribution in [0.5, 0.6) is 23.0 Å². The van der Waals surface area contributed by atoms with E-state index in [9.17, 15) is 14.4 Å². The van der Waals surface area contributed by atoms with Gasteiger partial charge in [-0.2, -0.15) is 0 Å². The fraction of sp³-hybridized carbons (Fsp3) is 0.282. The summed E-state index contributed by atoms with van der Waals surface area (Å²) in [4.78, 5) is 44.7. The van der Waals surface area contributed by atoms with Crippen LogP contribution in [0.15, 0.2) is 88.3 Å². The van der Waals surface area contributed by atoms with Gasteiger partial charge >= 0.3 is 11.9 Å². The summed E-state index contributed by atoms with van der Waals surface area (Å²) in [5.74, 6) is 0.519. The Morgan fingerprint density at radius 2 is 1.75 bits per heavy atom. The van der Waals surface area contributed by atoms with E-state index in [1.807, 2.05) is 25.1 Å². The van der Waals surface area contributed by atoms with Gasteiger partial charge in [-0.05, 0) is 86.4 Å². The molecule has 1 aromatic heterocycles. The van der Waals surface area contributed by atoms with Crippen molar-refractivity contribution in [3.05, 3.63) is 125 Å². The topological polar surface area (TPSA) is 124 Å². The number of halogens is 1. The Hall–Kier alpha value is -5.33. The molecule has 0 bridgehead atoms. The second-order valence-electron chi connectivity index (χ2n) is 11.4. The number of esters is 2. The van der Waals surface area contributed by atoms with Gasteiger partial charge in [0.1, 0.15) is 6.61 Å². The van der Waals surface area contributed by atoms with Crippen molar-refractivity contribution in [3.63, 3.8) is 0 Å². The molecule has 4 aromatic rings. The normalized spacial score (nSPS) is 13.9. The predicted molar refractivity (Wildman–Crippen MR) is 198 cm³/mol. The lowest BCUT2D eigenvalue weighted by atomic mass is 9.95. The molecule has 0 saturated carbocycles. The Morgan fingerprint density at radius 1 is 0.981 bits per heavy atom. The number of hydrogen-bond donors (Lipinski definition) is 0. The number of benzene rings is 3. The molecule has 52 heavy (non-hydrogen) atoms. The largest absolute Gasteiger partial charge is 0.493 e. The van der Waals surface area contributed by atoms with Crippen LogP contribution in [0.3, 0.4) is 0 Å². The molecule has 0 amide bonds. The number of thiazole rings is 1. The molecule has 0 fully saturated rings. The van der Waals surface area contributed by atoms with Gasteiger partial charge in [0.05, 0.1) is 49.3 Å². The van der Waals surface area contributed by atoms with E-state index in [1.54, 1.807) is 69.5 Å². The van der Waals surface area contributed by atoms with Crippen LogP contribution in [0.2, 0.25) is 5.02 Å². The lowest BCUT2D eigenvalue weighted by molar-refractivity contribution is -0.143. The van der Waals surface area contributed by atoms with Crippen molar-refractivity contribution in [3.8, 4) is 23.0 Å². The van der Waals surface area contributed by atoms with Gasteiger partial charge in [-0.25, -0.2) is 14.6 Å². The molecule has 11 nitrogen and oxygen atoms in total. The number of nitrogens with zero attached hydrogens (tertiary/aromatic N) is 2. The standard InChI is InChI=1S/C39H39ClN2O9S/c1-7-10-27-17-25(18-31(46-5)36(27)51-21-24-11-14-28(40)15-12-24)19-32-37(44)42-35(34(38(45)49-9-3)23(4)41-39(42)52-32)26-13-16-29(30(20-26)48-8-2)50-22-33(43)47-6/h7,11-20,35H,1,8-10,21-22H2,2-6H3/b32-19-/t35-/m0/s1. The number of allylic oxidation sites excluding steroid dienone is 2. The van der Waals surface area contributed by atoms with E-state index < -0.39 is 18.0 Å². The number of rotatable bonds is 15. The van der Waals surface area contributed by atoms with Gasteiger partial charge in [-0.15, -0.1) is 6.58 Å². The number of aromatic nitrogens is 1. The number of carbonyl (C=O) groups is 2. The third kappa shape index (κ3) is 8.41. The molecule has 3 aromatic carbocycles. The lowest BCUT2D eigenvalue weighted by Crippen LogP contribution is -2.40. The van der Waals surface area contributed by atoms with Crippen molar-refractivity contribution in [1.29, 1.82) is 0 Å². The van der Waals surface area contributed by atoms with E-state index in [1.165, 1.54) is 23.0 Å². The molecular formula is C39H39ClN2O9S. The van der Waals surface area contributed by atoms with Gasteiger partial charge in [0.25, 0.3) is 5.56 Å². The second-order valence-corrected chi connectivity index (χ2v) is 12.9. The predicted octanol–water partition coefficient (Wildman–Crippen LogP) is 5.72. The summed E-state index contributed by atoms with van der Waals surface area (Å²) >= 11 is 7.24. The summed E-state index contributed by atoms with van der Waals surface area (Å²) < 4.78 is 35.5. The molecule has 0 aliphatic carbocycles. The first-order valence-corrected chi connectivity index (χ1v) is 17.7. The van der Waals surface area contributed by atoms with Crippen molar-refractivity contribution in [2.45, 2.75) is 39.8 Å². The maximum atomic E-state index is 14.4. The summed E-state index contributed by atoms with van der Waals surface area (Å²) in [7, 11) is 2.83. The van der Waals surface area contributed by atoms with Crippen molar-refractivity contribution in [1.82, 2.24) is 4.57 Å². The number of carbonyl (C=O) groups excluding carboxylic acids is 2. The first kappa shape index (κ1) is 37.9. The van der Waals surface area contributed by atoms with E-state index >= 15 is 0 Å². The van der Waals surface area contributed by atoms with Crippen LogP contribution in [0.25, 0.3) is 6.08 Å². The zero-order valence-electron chi connectivity index (χ0n) is 29.5. The van der Waals surface area contributed by atoms with Crippen LogP contribution >= 0.6 is 22.9 Å². The SMILES string of the molecule is C=CCc1cc(/C=c2\sc3n(c2=O)[C@@H](c2ccc(OCC(=O)OC)c(OCC)c2)C(C(=O)OCC)=C(C)N=3)cc(OC)c1OCc1ccc(Cl)cc1. The number of fused-ring (bicyclic) bond motifs is 1. The molecule has 0 radical (unpaired) electrons. The van der Waals surface area contributed by atoms with Gasteiger partial charge in [0.2, 0.25) is 0 Å². The van der Waals surface area contributed by atoms with E-state index in [-0.39, 0.29) is 24.3 Å². The van der Waals surface area contributed by atoms with Crippen LogP contribution in [0.1, 0.15) is 49.1 Å². The molecule has 13 heteroatoms. The Kier molecular flexibility index (Phi) is 12.6. The monoisotopic (exact) mass is 746 g/mol. The highest BCUT2D eigenvalue weighted by Crippen LogP contribution is 2.37. The van der Waals surface area contributed by atoms with Crippen LogP contribution in [-0.2, 0) is 32.1 Å². The van der Waals surface area contributed by atoms with Crippen molar-refractivity contribution in [2.24, 2.45) is 4.99 Å². The van der Waals surface area contributed by atoms with Crippen LogP contribution in [0.4, 0.5) is 0 Å². The van der Waals surface area contributed by atoms with Crippen LogP contribution < -0.4 is 33.8 Å². The third-order valence-electron chi connectivity index (χ3n) is 8.01. The minimum absolute atomic E-state index is 0.130. The van der Waals surface area contributed by atoms with E-state index in [4.69, 9.17) is 40.0 Å². The number of hydrogen-bond acceptors (Lipinski definition) is 11. The zero-order valence-corrected chi connectivity index (χ0v) is 31.1. The van der Waals surface area contributed by atoms with E-state index in [2.05, 4.69) is 11.6 Å². The molecule has 1 atom stereocenters. The molecular weight excluding hydrogens is 708 g/mol. The number of ether oxygens (including phenoxy) is 6. The molecule has 5 rings (SSSR count). The Morgan fingerprint density at radius 3 is 2.42 bits per heavy atom. The highest BCUT2D eigenvalue weighted by Gasteiger charge is 2.34. The van der Waals surface area contributed by atoms with Gasteiger partial charge in [0, 0.05) is 10.6 Å². The first-order chi connectivity index (χ1) is 25.1. The average Bonchev–Trinajstić information content (AvgIpc) is 3.43. The van der Waals surface area contributed by atoms with Gasteiger partial charge in [0.15, 0.2) is 34.4 Å². The molecule has 0 spiro atoms. The van der Waals surface area contributed by atoms with Crippen molar-refractivity contribution in [2.75, 3.05) is 34.0 Å². The fourth-order valence-electron chi connectivity index (χ4n) is 5.66. The molecule has 1 aliphatic heterocycles. The molecule has 1 aliphatic rings. The summed E-state index contributed by atoms with van der Waals surface area (Å²) in [5, 5.41) is 0.636. The zero-order chi connectivity index (χ0) is 37.4. The molecule has 0 unspecified atom stereocenters. The second kappa shape index (κ2) is 17.3. The maximum Gasteiger partial charge on any atom is 0.343 e.